The van der Waals surface area contributed by atoms with E-state index < -0.39 is 0 Å². The molecule has 0 heterocycles. The molecule has 0 bridgehead atoms. The van der Waals surface area contributed by atoms with Crippen LogP contribution in [0.5, 0.6) is 0 Å². The van der Waals surface area contributed by atoms with E-state index in [0.717, 1.165) is 12.8 Å². The standard InChI is InChI=1S/C17H20/c1-3-4-5-16(13-10-15-8-9-15)17-11-6-14(2)7-12-17/h3,6-7,11-12,15-16H,1,4-5,8-9H2,2H3. The number of aryl methyl sites for hydroxylation is 1. The van der Waals surface area contributed by atoms with E-state index in [1.807, 2.05) is 6.08 Å². The summed E-state index contributed by atoms with van der Waals surface area (Å²) >= 11 is 0. The number of benzene rings is 1. The lowest BCUT2D eigenvalue weighted by Gasteiger charge is -2.10. The minimum absolute atomic E-state index is 0.384. The molecule has 0 aliphatic heterocycles. The highest BCUT2D eigenvalue weighted by atomic mass is 14.2. The van der Waals surface area contributed by atoms with Crippen molar-refractivity contribution in [1.82, 2.24) is 0 Å². The normalized spacial score (nSPS) is 15.8. The Morgan fingerprint density at radius 3 is 2.65 bits per heavy atom. The molecule has 1 saturated carbocycles. The van der Waals surface area contributed by atoms with Crippen molar-refractivity contribution in [3.05, 3.63) is 48.0 Å². The van der Waals surface area contributed by atoms with Gasteiger partial charge in [0.2, 0.25) is 0 Å². The van der Waals surface area contributed by atoms with Crippen LogP contribution < -0.4 is 0 Å². The van der Waals surface area contributed by atoms with Gasteiger partial charge in [-0.3, -0.25) is 0 Å². The molecule has 1 aliphatic rings. The van der Waals surface area contributed by atoms with Crippen molar-refractivity contribution in [2.24, 2.45) is 5.92 Å². The lowest BCUT2D eigenvalue weighted by atomic mass is 9.94. The van der Waals surface area contributed by atoms with Crippen LogP contribution in [0, 0.1) is 24.7 Å². The second-order valence-corrected chi connectivity index (χ2v) is 4.89. The fourth-order valence-corrected chi connectivity index (χ4v) is 1.85. The van der Waals surface area contributed by atoms with Crippen LogP contribution in [0.25, 0.3) is 0 Å². The molecule has 17 heavy (non-hydrogen) atoms. The topological polar surface area (TPSA) is 0 Å². The van der Waals surface area contributed by atoms with Crippen LogP contribution in [0.1, 0.15) is 42.7 Å². The van der Waals surface area contributed by atoms with Crippen LogP contribution in [0.4, 0.5) is 0 Å². The van der Waals surface area contributed by atoms with Gasteiger partial charge in [0.25, 0.3) is 0 Å². The molecule has 1 aromatic rings. The van der Waals surface area contributed by atoms with Crippen molar-refractivity contribution in [1.29, 1.82) is 0 Å². The maximum atomic E-state index is 3.80. The van der Waals surface area contributed by atoms with E-state index in [9.17, 15) is 0 Å². The molecule has 0 amide bonds. The van der Waals surface area contributed by atoms with Crippen LogP contribution >= 0.6 is 0 Å². The minimum atomic E-state index is 0.384. The maximum absolute atomic E-state index is 3.80. The van der Waals surface area contributed by atoms with Gasteiger partial charge in [-0.25, -0.2) is 0 Å². The van der Waals surface area contributed by atoms with Gasteiger partial charge in [0, 0.05) is 11.8 Å². The number of rotatable bonds is 4. The summed E-state index contributed by atoms with van der Waals surface area (Å²) < 4.78 is 0. The molecule has 0 aromatic heterocycles. The van der Waals surface area contributed by atoms with Gasteiger partial charge >= 0.3 is 0 Å². The van der Waals surface area contributed by atoms with E-state index in [2.05, 4.69) is 49.6 Å². The van der Waals surface area contributed by atoms with Gasteiger partial charge < -0.3 is 0 Å². The van der Waals surface area contributed by atoms with Crippen molar-refractivity contribution in [2.75, 3.05) is 0 Å². The van der Waals surface area contributed by atoms with Crippen molar-refractivity contribution in [3.63, 3.8) is 0 Å². The molecule has 0 N–H and O–H groups in total. The monoisotopic (exact) mass is 224 g/mol. The molecule has 0 heteroatoms. The quantitative estimate of drug-likeness (QED) is 0.523. The summed E-state index contributed by atoms with van der Waals surface area (Å²) in [7, 11) is 0. The molecule has 0 saturated heterocycles. The Morgan fingerprint density at radius 1 is 1.35 bits per heavy atom. The highest BCUT2D eigenvalue weighted by Crippen LogP contribution is 2.29. The second kappa shape index (κ2) is 5.73. The van der Waals surface area contributed by atoms with Gasteiger partial charge in [-0.15, -0.1) is 6.58 Å². The molecular weight excluding hydrogens is 204 g/mol. The van der Waals surface area contributed by atoms with Crippen molar-refractivity contribution in [3.8, 4) is 11.8 Å². The zero-order valence-corrected chi connectivity index (χ0v) is 10.6. The lowest BCUT2D eigenvalue weighted by Crippen LogP contribution is -1.96. The predicted molar refractivity (Wildman–Crippen MR) is 73.9 cm³/mol. The van der Waals surface area contributed by atoms with Crippen molar-refractivity contribution < 1.29 is 0 Å². The van der Waals surface area contributed by atoms with E-state index in [4.69, 9.17) is 0 Å². The molecule has 0 radical (unpaired) electrons. The summed E-state index contributed by atoms with van der Waals surface area (Å²) in [5, 5.41) is 0. The number of hydrogen-bond donors (Lipinski definition) is 0. The van der Waals surface area contributed by atoms with Gasteiger partial charge in [-0.1, -0.05) is 47.7 Å². The van der Waals surface area contributed by atoms with E-state index >= 15 is 0 Å². The van der Waals surface area contributed by atoms with Gasteiger partial charge in [-0.05, 0) is 38.2 Å². The van der Waals surface area contributed by atoms with Crippen molar-refractivity contribution >= 4 is 0 Å². The zero-order valence-electron chi connectivity index (χ0n) is 10.6. The van der Waals surface area contributed by atoms with Crippen LogP contribution in [-0.2, 0) is 0 Å². The van der Waals surface area contributed by atoms with E-state index in [-0.39, 0.29) is 0 Å². The Hall–Kier alpha value is -1.48. The Kier molecular flexibility index (Phi) is 4.04. The fraction of sp³-hybridized carbons (Fsp3) is 0.412. The molecule has 1 atom stereocenters. The largest absolute Gasteiger partial charge is 0.103 e. The first-order valence-electron chi connectivity index (χ1n) is 6.48. The molecular formula is C17H20. The first-order chi connectivity index (χ1) is 8.29. The van der Waals surface area contributed by atoms with E-state index in [1.54, 1.807) is 0 Å². The first-order valence-corrected chi connectivity index (χ1v) is 6.48. The summed E-state index contributed by atoms with van der Waals surface area (Å²) in [5.41, 5.74) is 2.66. The fourth-order valence-electron chi connectivity index (χ4n) is 1.85. The van der Waals surface area contributed by atoms with Gasteiger partial charge in [0.15, 0.2) is 0 Å². The zero-order chi connectivity index (χ0) is 12.1. The third kappa shape index (κ3) is 3.79. The highest BCUT2D eigenvalue weighted by Gasteiger charge is 2.18. The number of hydrogen-bond acceptors (Lipinski definition) is 0. The number of allylic oxidation sites excluding steroid dienone is 1. The third-order valence-electron chi connectivity index (χ3n) is 3.18. The molecule has 2 rings (SSSR count). The lowest BCUT2D eigenvalue weighted by molar-refractivity contribution is 0.769. The van der Waals surface area contributed by atoms with E-state index in [1.165, 1.54) is 24.0 Å². The minimum Gasteiger partial charge on any atom is -0.103 e. The second-order valence-electron chi connectivity index (χ2n) is 4.89. The Balaban J connectivity index is 2.10. The van der Waals surface area contributed by atoms with Gasteiger partial charge in [0.1, 0.15) is 0 Å². The predicted octanol–water partition coefficient (Wildman–Crippen LogP) is 4.46. The maximum Gasteiger partial charge on any atom is 0.0455 e. The summed E-state index contributed by atoms with van der Waals surface area (Å²) in [6.45, 7) is 5.92. The molecule has 0 nitrogen and oxygen atoms in total. The SMILES string of the molecule is C=CCCC(C#CC1CC1)c1ccc(C)cc1. The van der Waals surface area contributed by atoms with Crippen molar-refractivity contribution in [2.45, 2.75) is 38.5 Å². The first kappa shape index (κ1) is 12.0. The average Bonchev–Trinajstić information content (AvgIpc) is 3.15. The van der Waals surface area contributed by atoms with Gasteiger partial charge in [0.05, 0.1) is 0 Å². The average molecular weight is 224 g/mol. The Bertz CT molecular complexity index is 423. The molecule has 88 valence electrons. The van der Waals surface area contributed by atoms with E-state index in [0.29, 0.717) is 11.8 Å². The van der Waals surface area contributed by atoms with Crippen LogP contribution in [0.15, 0.2) is 36.9 Å². The summed E-state index contributed by atoms with van der Waals surface area (Å²) in [4.78, 5) is 0. The smallest absolute Gasteiger partial charge is 0.0455 e. The molecule has 1 aliphatic carbocycles. The molecule has 0 spiro atoms. The Morgan fingerprint density at radius 2 is 2.06 bits per heavy atom. The van der Waals surface area contributed by atoms with Crippen LogP contribution in [0.3, 0.4) is 0 Å². The molecule has 1 aromatic carbocycles. The van der Waals surface area contributed by atoms with Crippen LogP contribution in [0.2, 0.25) is 0 Å². The van der Waals surface area contributed by atoms with Gasteiger partial charge in [-0.2, -0.15) is 0 Å². The summed E-state index contributed by atoms with van der Waals surface area (Å²) in [6, 6.07) is 8.78. The Labute approximate surface area is 105 Å². The van der Waals surface area contributed by atoms with Crippen LogP contribution in [-0.4, -0.2) is 0 Å². The molecule has 1 unspecified atom stereocenters. The highest BCUT2D eigenvalue weighted by molar-refractivity contribution is 5.31. The summed E-state index contributed by atoms with van der Waals surface area (Å²) in [5.74, 6) is 7.92. The third-order valence-corrected chi connectivity index (χ3v) is 3.18. The molecule has 1 fully saturated rings. The summed E-state index contributed by atoms with van der Waals surface area (Å²) in [6.07, 6.45) is 6.72.